The van der Waals surface area contributed by atoms with Gasteiger partial charge in [0.05, 0.1) is 12.5 Å². The van der Waals surface area contributed by atoms with Gasteiger partial charge in [-0.15, -0.1) is 0 Å². The minimum absolute atomic E-state index is 0.121. The molecule has 1 amide bonds. The lowest BCUT2D eigenvalue weighted by Gasteiger charge is -2.24. The third-order valence-electron chi connectivity index (χ3n) is 3.61. The summed E-state index contributed by atoms with van der Waals surface area (Å²) in [5, 5.41) is 11.3. The van der Waals surface area contributed by atoms with E-state index in [0.717, 1.165) is 38.5 Å². The fraction of sp³-hybridized carbons (Fsp3) is 0.824. The molecule has 1 saturated carbocycles. The van der Waals surface area contributed by atoms with Crippen LogP contribution in [0.4, 0.5) is 4.79 Å². The molecule has 0 aromatic rings. The fourth-order valence-electron chi connectivity index (χ4n) is 2.52. The maximum Gasteiger partial charge on any atom is 0.408 e. The highest BCUT2D eigenvalue weighted by atomic mass is 16.6. The maximum absolute atomic E-state index is 12.3. The second-order valence-corrected chi connectivity index (χ2v) is 6.97. The minimum Gasteiger partial charge on any atom is -0.461 e. The minimum atomic E-state index is -0.986. The third kappa shape index (κ3) is 8.44. The molecule has 0 spiro atoms. The Morgan fingerprint density at radius 3 is 2.26 bits per heavy atom. The summed E-state index contributed by atoms with van der Waals surface area (Å²) in [5.74, 6) is -0.553. The Kier molecular flexibility index (Phi) is 7.87. The van der Waals surface area contributed by atoms with Crippen LogP contribution in [-0.4, -0.2) is 29.8 Å². The van der Waals surface area contributed by atoms with Crippen LogP contribution in [-0.2, 0) is 14.3 Å². The lowest BCUT2D eigenvalue weighted by atomic mass is 9.98. The number of nitrogens with zero attached hydrogens (tertiary/aromatic N) is 1. The topological polar surface area (TPSA) is 88.4 Å². The normalized spacial score (nSPS) is 18.0. The first-order valence-corrected chi connectivity index (χ1v) is 8.39. The first-order chi connectivity index (χ1) is 10.8. The molecule has 1 N–H and O–H groups in total. The quantitative estimate of drug-likeness (QED) is 0.800. The number of amides is 1. The molecular weight excluding hydrogens is 296 g/mol. The number of esters is 1. The first-order valence-electron chi connectivity index (χ1n) is 8.39. The van der Waals surface area contributed by atoms with E-state index in [1.807, 2.05) is 6.07 Å². The lowest BCUT2D eigenvalue weighted by Crippen LogP contribution is -2.45. The summed E-state index contributed by atoms with van der Waals surface area (Å²) in [7, 11) is 0. The Morgan fingerprint density at radius 1 is 1.17 bits per heavy atom. The van der Waals surface area contributed by atoms with Crippen molar-refractivity contribution in [1.29, 1.82) is 5.26 Å². The Balaban J connectivity index is 2.55. The molecule has 0 aliphatic heterocycles. The molecule has 0 radical (unpaired) electrons. The van der Waals surface area contributed by atoms with Crippen molar-refractivity contribution in [2.24, 2.45) is 0 Å². The summed E-state index contributed by atoms with van der Waals surface area (Å²) in [6.45, 7) is 5.20. The van der Waals surface area contributed by atoms with E-state index >= 15 is 0 Å². The highest BCUT2D eigenvalue weighted by molar-refractivity contribution is 5.81. The molecule has 0 unspecified atom stereocenters. The van der Waals surface area contributed by atoms with E-state index in [1.54, 1.807) is 20.8 Å². The number of ether oxygens (including phenoxy) is 2. The lowest BCUT2D eigenvalue weighted by molar-refractivity contribution is -0.152. The third-order valence-corrected chi connectivity index (χ3v) is 3.61. The van der Waals surface area contributed by atoms with Gasteiger partial charge in [0.2, 0.25) is 0 Å². The smallest absolute Gasteiger partial charge is 0.408 e. The van der Waals surface area contributed by atoms with E-state index in [1.165, 1.54) is 6.42 Å². The molecule has 1 aliphatic carbocycles. The second-order valence-electron chi connectivity index (χ2n) is 6.97. The van der Waals surface area contributed by atoms with Gasteiger partial charge in [0.1, 0.15) is 17.7 Å². The van der Waals surface area contributed by atoms with Crippen molar-refractivity contribution in [3.05, 3.63) is 0 Å². The molecule has 1 fully saturated rings. The van der Waals surface area contributed by atoms with Crippen LogP contribution in [0.25, 0.3) is 0 Å². The summed E-state index contributed by atoms with van der Waals surface area (Å²) < 4.78 is 10.6. The standard InChI is InChI=1S/C17H28N2O4/c1-17(2,3)23-16(21)19-14(11-12-18)15(20)22-13-9-7-5-4-6-8-10-13/h13-14H,4-11H2,1-3H3,(H,19,21)/t14-/m0/s1. The Hall–Kier alpha value is -1.77. The molecule has 0 aromatic heterocycles. The van der Waals surface area contributed by atoms with Crippen molar-refractivity contribution in [2.75, 3.05) is 0 Å². The number of hydrogen-bond donors (Lipinski definition) is 1. The number of hydrogen-bond acceptors (Lipinski definition) is 5. The van der Waals surface area contributed by atoms with Crippen molar-refractivity contribution in [3.8, 4) is 6.07 Å². The zero-order valence-corrected chi connectivity index (χ0v) is 14.4. The predicted molar refractivity (Wildman–Crippen MR) is 85.6 cm³/mol. The zero-order chi connectivity index (χ0) is 17.3. The van der Waals surface area contributed by atoms with Gasteiger partial charge < -0.3 is 14.8 Å². The number of nitrogens with one attached hydrogen (secondary N) is 1. The Labute approximate surface area is 138 Å². The Bertz CT molecular complexity index is 429. The molecule has 0 heterocycles. The van der Waals surface area contributed by atoms with E-state index in [9.17, 15) is 9.59 Å². The van der Waals surface area contributed by atoms with Crippen LogP contribution < -0.4 is 5.32 Å². The maximum atomic E-state index is 12.3. The van der Waals surface area contributed by atoms with Crippen LogP contribution in [0, 0.1) is 11.3 Å². The first kappa shape index (κ1) is 19.3. The zero-order valence-electron chi connectivity index (χ0n) is 14.4. The Morgan fingerprint density at radius 2 is 1.74 bits per heavy atom. The molecule has 6 nitrogen and oxygen atoms in total. The van der Waals surface area contributed by atoms with Crippen LogP contribution in [0.3, 0.4) is 0 Å². The summed E-state index contributed by atoms with van der Waals surface area (Å²) in [5.41, 5.74) is -0.662. The molecule has 0 saturated heterocycles. The van der Waals surface area contributed by atoms with Crippen LogP contribution in [0.2, 0.25) is 0 Å². The van der Waals surface area contributed by atoms with E-state index in [-0.39, 0.29) is 12.5 Å². The molecule has 1 rings (SSSR count). The molecule has 23 heavy (non-hydrogen) atoms. The van der Waals surface area contributed by atoms with Crippen LogP contribution in [0.15, 0.2) is 0 Å². The summed E-state index contributed by atoms with van der Waals surface area (Å²) in [6, 6.07) is 0.920. The number of carbonyl (C=O) groups excluding carboxylic acids is 2. The van der Waals surface area contributed by atoms with E-state index < -0.39 is 23.7 Å². The van der Waals surface area contributed by atoms with Gasteiger partial charge in [0.15, 0.2) is 0 Å². The summed E-state index contributed by atoms with van der Waals surface area (Å²) in [4.78, 5) is 24.0. The average molecular weight is 324 g/mol. The van der Waals surface area contributed by atoms with Gasteiger partial charge in [0, 0.05) is 0 Å². The fourth-order valence-corrected chi connectivity index (χ4v) is 2.52. The van der Waals surface area contributed by atoms with Crippen molar-refractivity contribution < 1.29 is 19.1 Å². The van der Waals surface area contributed by atoms with Crippen molar-refractivity contribution in [2.45, 2.75) is 89.9 Å². The monoisotopic (exact) mass is 324 g/mol. The second kappa shape index (κ2) is 9.39. The van der Waals surface area contributed by atoms with Gasteiger partial charge in [-0.3, -0.25) is 0 Å². The van der Waals surface area contributed by atoms with Gasteiger partial charge in [-0.1, -0.05) is 19.3 Å². The molecule has 0 aromatic carbocycles. The SMILES string of the molecule is CC(C)(C)OC(=O)N[C@@H](CC#N)C(=O)OC1CCCCCCC1. The molecule has 0 bridgehead atoms. The average Bonchev–Trinajstić information content (AvgIpc) is 2.39. The van der Waals surface area contributed by atoms with Crippen molar-refractivity contribution in [1.82, 2.24) is 5.32 Å². The largest absolute Gasteiger partial charge is 0.461 e. The van der Waals surface area contributed by atoms with E-state index in [4.69, 9.17) is 14.7 Å². The van der Waals surface area contributed by atoms with Gasteiger partial charge in [-0.25, -0.2) is 9.59 Å². The molecule has 6 heteroatoms. The highest BCUT2D eigenvalue weighted by Gasteiger charge is 2.27. The van der Waals surface area contributed by atoms with E-state index in [2.05, 4.69) is 5.32 Å². The van der Waals surface area contributed by atoms with Gasteiger partial charge >= 0.3 is 12.1 Å². The molecule has 1 aliphatic rings. The summed E-state index contributed by atoms with van der Waals surface area (Å²) in [6.07, 6.45) is 6.35. The van der Waals surface area contributed by atoms with Crippen LogP contribution >= 0.6 is 0 Å². The van der Waals surface area contributed by atoms with Crippen molar-refractivity contribution in [3.63, 3.8) is 0 Å². The van der Waals surface area contributed by atoms with Crippen LogP contribution in [0.1, 0.15) is 72.1 Å². The van der Waals surface area contributed by atoms with Gasteiger partial charge in [-0.2, -0.15) is 5.26 Å². The molecule has 130 valence electrons. The van der Waals surface area contributed by atoms with E-state index in [0.29, 0.717) is 0 Å². The predicted octanol–water partition coefficient (Wildman–Crippen LogP) is 3.45. The number of alkyl carbamates (subject to hydrolysis) is 1. The van der Waals surface area contributed by atoms with Gasteiger partial charge in [-0.05, 0) is 46.5 Å². The highest BCUT2D eigenvalue weighted by Crippen LogP contribution is 2.20. The van der Waals surface area contributed by atoms with Crippen LogP contribution in [0.5, 0.6) is 0 Å². The van der Waals surface area contributed by atoms with Crippen molar-refractivity contribution >= 4 is 12.1 Å². The molecule has 1 atom stereocenters. The number of carbonyl (C=O) groups is 2. The molecular formula is C17H28N2O4. The van der Waals surface area contributed by atoms with Gasteiger partial charge in [0.25, 0.3) is 0 Å². The number of nitriles is 1. The number of rotatable bonds is 4. The summed E-state index contributed by atoms with van der Waals surface area (Å²) >= 11 is 0.